The van der Waals surface area contributed by atoms with Gasteiger partial charge >= 0.3 is 29.8 Å². The predicted octanol–water partition coefficient (Wildman–Crippen LogP) is 4.17. The number of nitrogens with one attached hydrogen (secondary N) is 1. The fourth-order valence-electron chi connectivity index (χ4n) is 8.84. The van der Waals surface area contributed by atoms with E-state index in [-0.39, 0.29) is 26.4 Å². The number of ether oxygens (including phenoxy) is 14. The molecule has 21 heteroatoms. The molecule has 3 heterocycles. The Kier molecular flexibility index (Phi) is 21.8. The molecule has 0 spiro atoms. The van der Waals surface area contributed by atoms with Gasteiger partial charge in [0.2, 0.25) is 5.91 Å². The number of rotatable bonds is 23. The second-order valence-electron chi connectivity index (χ2n) is 17.8. The van der Waals surface area contributed by atoms with E-state index < -0.39 is 141 Å². The summed E-state index contributed by atoms with van der Waals surface area (Å²) in [6.45, 7) is 9.70. The molecule has 0 radical (unpaired) electrons. The number of benzene rings is 3. The molecule has 404 valence electrons. The van der Waals surface area contributed by atoms with Crippen LogP contribution in [0.15, 0.2) is 91.0 Å². The molecule has 74 heavy (non-hydrogen) atoms. The highest BCUT2D eigenvalue weighted by Gasteiger charge is 2.58. The topological polar surface area (TPSA) is 244 Å². The van der Waals surface area contributed by atoms with Crippen LogP contribution in [0.4, 0.5) is 0 Å². The maximum atomic E-state index is 13.3. The van der Waals surface area contributed by atoms with Gasteiger partial charge in [-0.05, 0) is 30.5 Å². The number of hydrogen-bond donors (Lipinski definition) is 1. The molecule has 0 unspecified atom stereocenters. The fourth-order valence-corrected chi connectivity index (χ4v) is 8.84. The first-order valence-corrected chi connectivity index (χ1v) is 24.4. The summed E-state index contributed by atoms with van der Waals surface area (Å²) in [5.41, 5.74) is 2.55. The third kappa shape index (κ3) is 16.6. The van der Waals surface area contributed by atoms with E-state index in [4.69, 9.17) is 66.3 Å². The van der Waals surface area contributed by atoms with Crippen LogP contribution in [0.2, 0.25) is 0 Å². The molecule has 3 aliphatic rings. The molecule has 0 aliphatic carbocycles. The molecule has 3 aliphatic heterocycles. The molecule has 0 saturated carbocycles. The summed E-state index contributed by atoms with van der Waals surface area (Å²) in [7, 11) is 0. The van der Waals surface area contributed by atoms with Crippen molar-refractivity contribution >= 4 is 35.8 Å². The van der Waals surface area contributed by atoms with Crippen LogP contribution in [0, 0.1) is 0 Å². The van der Waals surface area contributed by atoms with Crippen LogP contribution < -0.4 is 5.32 Å². The zero-order valence-electron chi connectivity index (χ0n) is 42.7. The average molecular weight is 1040 g/mol. The number of esters is 5. The molecule has 3 aromatic carbocycles. The van der Waals surface area contributed by atoms with E-state index >= 15 is 0 Å². The zero-order chi connectivity index (χ0) is 53.3. The van der Waals surface area contributed by atoms with E-state index in [9.17, 15) is 28.8 Å². The lowest BCUT2D eigenvalue weighted by atomic mass is 9.94. The van der Waals surface area contributed by atoms with Crippen molar-refractivity contribution in [2.45, 2.75) is 167 Å². The Morgan fingerprint density at radius 3 is 1.34 bits per heavy atom. The van der Waals surface area contributed by atoms with Gasteiger partial charge in [0.05, 0.1) is 25.9 Å². The van der Waals surface area contributed by atoms with E-state index in [1.54, 1.807) is 13.8 Å². The molecular weight excluding hydrogens is 971 g/mol. The molecular formula is C53H67NO20. The molecule has 0 bridgehead atoms. The van der Waals surface area contributed by atoms with Crippen molar-refractivity contribution in [2.75, 3.05) is 19.8 Å². The largest absolute Gasteiger partial charge is 0.463 e. The number of hydrogen-bond acceptors (Lipinski definition) is 20. The lowest BCUT2D eigenvalue weighted by Gasteiger charge is -2.51. The first-order valence-electron chi connectivity index (χ1n) is 24.4. The maximum Gasteiger partial charge on any atom is 0.303 e. The Morgan fingerprint density at radius 1 is 0.446 bits per heavy atom. The quantitative estimate of drug-likeness (QED) is 0.103. The average Bonchev–Trinajstić information content (AvgIpc) is 3.35. The minimum absolute atomic E-state index is 0.0456. The monoisotopic (exact) mass is 1040 g/mol. The molecule has 21 nitrogen and oxygen atoms in total. The summed E-state index contributed by atoms with van der Waals surface area (Å²) in [6, 6.07) is 27.2. The van der Waals surface area contributed by atoms with Gasteiger partial charge in [0.25, 0.3) is 0 Å². The van der Waals surface area contributed by atoms with Gasteiger partial charge in [-0.1, -0.05) is 91.0 Å². The molecule has 0 aromatic heterocycles. The Bertz CT molecular complexity index is 2270. The van der Waals surface area contributed by atoms with Gasteiger partial charge in [-0.2, -0.15) is 0 Å². The molecule has 3 aromatic rings. The second-order valence-corrected chi connectivity index (χ2v) is 17.8. The van der Waals surface area contributed by atoms with Crippen molar-refractivity contribution in [1.29, 1.82) is 0 Å². The van der Waals surface area contributed by atoms with Crippen LogP contribution in [0.5, 0.6) is 0 Å². The van der Waals surface area contributed by atoms with Gasteiger partial charge < -0.3 is 71.6 Å². The standard InChI is InChI=1S/C53H67NO20/c1-9-61-51-42(54-31(3)55)46(44(40(71-51)28-62-32(4)56)73-53-50(70-36(8)60)48(69-35(7)59)45(68-34(6)58)41(72-53)29-63-33(5)57)74-52-49(66-27-39-23-17-12-18-24-39)47(65-26-38-21-15-11-16-22-38)43(30(2)67-52)64-25-37-19-13-10-14-20-37/h10-24,30,40-53H,9,25-29H2,1-8H3,(H,54,55)/t30-,40+,41+,42+,43+,44+,45-,46+,47+,48-,49-,50+,51+,52-,53-/m0/s1. The van der Waals surface area contributed by atoms with E-state index in [1.165, 1.54) is 13.8 Å². The first-order chi connectivity index (χ1) is 35.5. The SMILES string of the molecule is CCO[C@@H]1O[C@H](COC(C)=O)[C@@H](O[C@@H]2O[C@H](COC(C)=O)[C@H](OC(C)=O)[C@H](OC(C)=O)[C@H]2OC(C)=O)[C@H](O[C@@H]2O[C@@H](C)[C@@H](OCc3ccccc3)[C@@H](OCc3ccccc3)[C@@H]2OCc2ccccc2)[C@H]1NC(C)=O. The zero-order valence-corrected chi connectivity index (χ0v) is 42.7. The smallest absolute Gasteiger partial charge is 0.303 e. The normalized spacial score (nSPS) is 29.8. The minimum Gasteiger partial charge on any atom is -0.463 e. The Hall–Kier alpha value is -5.88. The molecule has 3 saturated heterocycles. The first kappa shape index (κ1) is 57.4. The highest BCUT2D eigenvalue weighted by molar-refractivity contribution is 5.73. The fraction of sp³-hybridized carbons (Fsp3) is 0.547. The Labute approximate surface area is 429 Å². The maximum absolute atomic E-state index is 13.3. The lowest BCUT2D eigenvalue weighted by molar-refractivity contribution is -0.378. The van der Waals surface area contributed by atoms with Crippen molar-refractivity contribution in [3.8, 4) is 0 Å². The lowest BCUT2D eigenvalue weighted by Crippen LogP contribution is -2.70. The van der Waals surface area contributed by atoms with Crippen molar-refractivity contribution < 1.29 is 95.1 Å². The van der Waals surface area contributed by atoms with Gasteiger partial charge in [0, 0.05) is 48.1 Å². The van der Waals surface area contributed by atoms with Crippen LogP contribution >= 0.6 is 0 Å². The van der Waals surface area contributed by atoms with E-state index in [2.05, 4.69) is 5.32 Å². The van der Waals surface area contributed by atoms with E-state index in [1.807, 2.05) is 91.0 Å². The van der Waals surface area contributed by atoms with Gasteiger partial charge in [-0.3, -0.25) is 28.8 Å². The summed E-state index contributed by atoms with van der Waals surface area (Å²) in [6.07, 6.45) is -18.6. The molecule has 1 N–H and O–H groups in total. The van der Waals surface area contributed by atoms with Crippen molar-refractivity contribution in [2.24, 2.45) is 0 Å². The Balaban J connectivity index is 1.49. The summed E-state index contributed by atoms with van der Waals surface area (Å²) in [4.78, 5) is 76.3. The predicted molar refractivity (Wildman–Crippen MR) is 256 cm³/mol. The third-order valence-corrected chi connectivity index (χ3v) is 11.9. The van der Waals surface area contributed by atoms with Crippen LogP contribution in [-0.2, 0) is 115 Å². The molecule has 1 amide bonds. The summed E-state index contributed by atoms with van der Waals surface area (Å²) >= 11 is 0. The van der Waals surface area contributed by atoms with Crippen LogP contribution in [0.1, 0.15) is 72.1 Å². The van der Waals surface area contributed by atoms with Crippen molar-refractivity contribution in [3.63, 3.8) is 0 Å². The number of amides is 1. The Morgan fingerprint density at radius 2 is 0.865 bits per heavy atom. The number of carbonyl (C=O) groups excluding carboxylic acids is 6. The molecule has 6 rings (SSSR count). The molecule has 15 atom stereocenters. The van der Waals surface area contributed by atoms with Crippen molar-refractivity contribution in [1.82, 2.24) is 5.32 Å². The summed E-state index contributed by atoms with van der Waals surface area (Å²) < 4.78 is 88.0. The number of carbonyl (C=O) groups is 6. The van der Waals surface area contributed by atoms with E-state index in [0.29, 0.717) is 0 Å². The summed E-state index contributed by atoms with van der Waals surface area (Å²) in [5, 5.41) is 2.88. The summed E-state index contributed by atoms with van der Waals surface area (Å²) in [5.74, 6) is -4.60. The van der Waals surface area contributed by atoms with Gasteiger partial charge in [-0.25, -0.2) is 0 Å². The molecule has 3 fully saturated rings. The second kappa shape index (κ2) is 28.1. The van der Waals surface area contributed by atoms with Gasteiger partial charge in [0.15, 0.2) is 37.2 Å². The minimum atomic E-state index is -1.80. The van der Waals surface area contributed by atoms with Crippen LogP contribution in [-0.4, -0.2) is 148 Å². The third-order valence-electron chi connectivity index (χ3n) is 11.9. The van der Waals surface area contributed by atoms with Gasteiger partial charge in [0.1, 0.15) is 62.0 Å². The van der Waals surface area contributed by atoms with Crippen LogP contribution in [0.25, 0.3) is 0 Å². The van der Waals surface area contributed by atoms with Crippen LogP contribution in [0.3, 0.4) is 0 Å². The van der Waals surface area contributed by atoms with E-state index in [0.717, 1.165) is 44.4 Å². The highest BCUT2D eigenvalue weighted by Crippen LogP contribution is 2.38. The highest BCUT2D eigenvalue weighted by atomic mass is 16.8. The van der Waals surface area contributed by atoms with Gasteiger partial charge in [-0.15, -0.1) is 0 Å². The van der Waals surface area contributed by atoms with Crippen molar-refractivity contribution in [3.05, 3.63) is 108 Å².